The highest BCUT2D eigenvalue weighted by Gasteiger charge is 2.23. The first kappa shape index (κ1) is 15.1. The molecule has 0 rings (SSSR count). The molecule has 1 unspecified atom stereocenters. The maximum absolute atomic E-state index is 11.4. The first-order valence-corrected chi connectivity index (χ1v) is 6.25. The normalized spacial score (nSPS) is 14.8. The standard InChI is InChI=1S/C10H18N2O3S/c1-10(2,3)15-9(14)12-7(6-16-4)8(13)5-11/h7-8,13H,6H2,1-4H3,(H,12,14)/t7-,8?/m1/s1. The van der Waals surface area contributed by atoms with E-state index < -0.39 is 23.8 Å². The zero-order chi connectivity index (χ0) is 12.8. The quantitative estimate of drug-likeness (QED) is 0.726. The Labute approximate surface area is 100 Å². The summed E-state index contributed by atoms with van der Waals surface area (Å²) in [5.74, 6) is 0.452. The number of nitrogens with zero attached hydrogens (tertiary/aromatic N) is 1. The van der Waals surface area contributed by atoms with E-state index in [2.05, 4.69) is 5.32 Å². The first-order chi connectivity index (χ1) is 7.30. The number of amides is 1. The molecule has 0 fully saturated rings. The Morgan fingerprint density at radius 2 is 2.19 bits per heavy atom. The van der Waals surface area contributed by atoms with Crippen molar-refractivity contribution in [1.29, 1.82) is 5.26 Å². The summed E-state index contributed by atoms with van der Waals surface area (Å²) in [6.07, 6.45) is -0.0192. The number of nitriles is 1. The maximum atomic E-state index is 11.4. The summed E-state index contributed by atoms with van der Waals surface area (Å²) in [6, 6.07) is 1.07. The molecule has 0 aliphatic heterocycles. The second-order valence-electron chi connectivity index (χ2n) is 4.28. The van der Waals surface area contributed by atoms with Crippen LogP contribution in [0.15, 0.2) is 0 Å². The SMILES string of the molecule is CSC[C@@H](NC(=O)OC(C)(C)C)C(O)C#N. The Morgan fingerprint density at radius 1 is 1.62 bits per heavy atom. The summed E-state index contributed by atoms with van der Waals surface area (Å²) < 4.78 is 5.03. The van der Waals surface area contributed by atoms with Crippen LogP contribution in [-0.4, -0.2) is 41.0 Å². The second-order valence-corrected chi connectivity index (χ2v) is 5.19. The number of alkyl carbamates (subject to hydrolysis) is 1. The number of hydrogen-bond donors (Lipinski definition) is 2. The van der Waals surface area contributed by atoms with Crippen molar-refractivity contribution < 1.29 is 14.6 Å². The molecular formula is C10H18N2O3S. The van der Waals surface area contributed by atoms with E-state index >= 15 is 0 Å². The zero-order valence-corrected chi connectivity index (χ0v) is 10.8. The highest BCUT2D eigenvalue weighted by molar-refractivity contribution is 7.98. The molecule has 92 valence electrons. The third-order valence-electron chi connectivity index (χ3n) is 1.56. The molecule has 0 radical (unpaired) electrons. The van der Waals surface area contributed by atoms with Gasteiger partial charge in [-0.2, -0.15) is 17.0 Å². The molecule has 0 spiro atoms. The molecule has 6 heteroatoms. The number of carbonyl (C=O) groups is 1. The van der Waals surface area contributed by atoms with Crippen molar-refractivity contribution in [3.63, 3.8) is 0 Å². The number of ether oxygens (including phenoxy) is 1. The second kappa shape index (κ2) is 6.61. The molecule has 0 aromatic carbocycles. The Balaban J connectivity index is 4.30. The maximum Gasteiger partial charge on any atom is 0.408 e. The van der Waals surface area contributed by atoms with Crippen LogP contribution in [0.1, 0.15) is 20.8 Å². The first-order valence-electron chi connectivity index (χ1n) is 4.86. The van der Waals surface area contributed by atoms with Crippen LogP contribution in [0.25, 0.3) is 0 Å². The van der Waals surface area contributed by atoms with Crippen molar-refractivity contribution >= 4 is 17.9 Å². The van der Waals surface area contributed by atoms with Gasteiger partial charge in [0.1, 0.15) is 5.60 Å². The monoisotopic (exact) mass is 246 g/mol. The van der Waals surface area contributed by atoms with Crippen LogP contribution in [0.2, 0.25) is 0 Å². The van der Waals surface area contributed by atoms with Gasteiger partial charge in [-0.05, 0) is 27.0 Å². The molecule has 0 aromatic rings. The lowest BCUT2D eigenvalue weighted by Crippen LogP contribution is -2.46. The average molecular weight is 246 g/mol. The minimum Gasteiger partial charge on any atom is -0.444 e. The van der Waals surface area contributed by atoms with Crippen LogP contribution < -0.4 is 5.32 Å². The van der Waals surface area contributed by atoms with Crippen LogP contribution in [0, 0.1) is 11.3 Å². The van der Waals surface area contributed by atoms with Gasteiger partial charge < -0.3 is 15.2 Å². The number of nitrogens with one attached hydrogen (secondary N) is 1. The molecule has 16 heavy (non-hydrogen) atoms. The molecule has 2 N–H and O–H groups in total. The molecule has 1 amide bonds. The lowest BCUT2D eigenvalue weighted by Gasteiger charge is -2.23. The molecule has 5 nitrogen and oxygen atoms in total. The van der Waals surface area contributed by atoms with Gasteiger partial charge in [-0.1, -0.05) is 0 Å². The van der Waals surface area contributed by atoms with Gasteiger partial charge in [0.15, 0.2) is 6.10 Å². The lowest BCUT2D eigenvalue weighted by atomic mass is 10.2. The summed E-state index contributed by atoms with van der Waals surface area (Å²) in [5, 5.41) is 20.4. The Kier molecular flexibility index (Phi) is 6.22. The Morgan fingerprint density at radius 3 is 2.56 bits per heavy atom. The third-order valence-corrected chi connectivity index (χ3v) is 2.25. The molecule has 0 saturated carbocycles. The van der Waals surface area contributed by atoms with Crippen LogP contribution in [-0.2, 0) is 4.74 Å². The molecule has 2 atom stereocenters. The van der Waals surface area contributed by atoms with Gasteiger partial charge in [-0.3, -0.25) is 0 Å². The highest BCUT2D eigenvalue weighted by Crippen LogP contribution is 2.08. The molecule has 0 heterocycles. The summed E-state index contributed by atoms with van der Waals surface area (Å²) in [6.45, 7) is 5.24. The Hall–Kier alpha value is -0.930. The molecule has 0 aliphatic carbocycles. The van der Waals surface area contributed by atoms with Gasteiger partial charge in [0.05, 0.1) is 12.1 Å². The van der Waals surface area contributed by atoms with E-state index in [1.54, 1.807) is 26.8 Å². The van der Waals surface area contributed by atoms with Gasteiger partial charge in [0.2, 0.25) is 0 Å². The van der Waals surface area contributed by atoms with E-state index in [-0.39, 0.29) is 0 Å². The number of hydrogen-bond acceptors (Lipinski definition) is 5. The minimum absolute atomic E-state index is 0.452. The van der Waals surface area contributed by atoms with Crippen molar-refractivity contribution in [3.05, 3.63) is 0 Å². The van der Waals surface area contributed by atoms with Crippen LogP contribution in [0.4, 0.5) is 4.79 Å². The highest BCUT2D eigenvalue weighted by atomic mass is 32.2. The summed E-state index contributed by atoms with van der Waals surface area (Å²) in [7, 11) is 0. The average Bonchev–Trinajstić information content (AvgIpc) is 2.13. The molecule has 0 aliphatic rings. The van der Waals surface area contributed by atoms with Gasteiger partial charge in [-0.15, -0.1) is 0 Å². The van der Waals surface area contributed by atoms with Crippen LogP contribution >= 0.6 is 11.8 Å². The van der Waals surface area contributed by atoms with Crippen LogP contribution in [0.3, 0.4) is 0 Å². The summed E-state index contributed by atoms with van der Waals surface area (Å²) >= 11 is 1.43. The van der Waals surface area contributed by atoms with Gasteiger partial charge in [0.25, 0.3) is 0 Å². The van der Waals surface area contributed by atoms with Gasteiger partial charge in [0, 0.05) is 5.75 Å². The number of aliphatic hydroxyl groups is 1. The third kappa shape index (κ3) is 6.53. The van der Waals surface area contributed by atoms with Crippen molar-refractivity contribution in [2.75, 3.05) is 12.0 Å². The lowest BCUT2D eigenvalue weighted by molar-refractivity contribution is 0.0470. The van der Waals surface area contributed by atoms with Crippen LogP contribution in [0.5, 0.6) is 0 Å². The largest absolute Gasteiger partial charge is 0.444 e. The number of carbonyl (C=O) groups excluding carboxylic acids is 1. The Bertz CT molecular complexity index is 270. The minimum atomic E-state index is -1.22. The zero-order valence-electron chi connectivity index (χ0n) is 9.98. The van der Waals surface area contributed by atoms with E-state index in [0.717, 1.165) is 0 Å². The summed E-state index contributed by atoms with van der Waals surface area (Å²) in [5.41, 5.74) is -0.592. The van der Waals surface area contributed by atoms with Gasteiger partial charge in [-0.25, -0.2) is 4.79 Å². The van der Waals surface area contributed by atoms with Crippen molar-refractivity contribution in [2.24, 2.45) is 0 Å². The number of aliphatic hydroxyl groups excluding tert-OH is 1. The van der Waals surface area contributed by atoms with E-state index in [9.17, 15) is 9.90 Å². The molecule has 0 aromatic heterocycles. The predicted molar refractivity (Wildman–Crippen MR) is 63.2 cm³/mol. The number of thioether (sulfide) groups is 1. The summed E-state index contributed by atoms with van der Waals surface area (Å²) in [4.78, 5) is 11.4. The van der Waals surface area contributed by atoms with Gasteiger partial charge >= 0.3 is 6.09 Å². The molecule has 0 bridgehead atoms. The smallest absolute Gasteiger partial charge is 0.408 e. The van der Waals surface area contributed by atoms with Crippen molar-refractivity contribution in [3.8, 4) is 6.07 Å². The topological polar surface area (TPSA) is 82.3 Å². The molecule has 0 saturated heterocycles. The fourth-order valence-corrected chi connectivity index (χ4v) is 1.56. The van der Waals surface area contributed by atoms with E-state index in [1.807, 2.05) is 6.26 Å². The van der Waals surface area contributed by atoms with E-state index in [4.69, 9.17) is 10.00 Å². The van der Waals surface area contributed by atoms with Crippen molar-refractivity contribution in [2.45, 2.75) is 38.5 Å². The predicted octanol–water partition coefficient (Wildman–Crippen LogP) is 1.13. The van der Waals surface area contributed by atoms with Crippen molar-refractivity contribution in [1.82, 2.24) is 5.32 Å². The van der Waals surface area contributed by atoms with E-state index in [1.165, 1.54) is 11.8 Å². The van der Waals surface area contributed by atoms with E-state index in [0.29, 0.717) is 5.75 Å². The molecular weight excluding hydrogens is 228 g/mol. The fraction of sp³-hybridized carbons (Fsp3) is 0.800. The fourth-order valence-electron chi connectivity index (χ4n) is 0.940. The number of rotatable bonds is 4.